The summed E-state index contributed by atoms with van der Waals surface area (Å²) in [5.74, 6) is 1.95. The van der Waals surface area contributed by atoms with Crippen LogP contribution >= 0.6 is 0 Å². The van der Waals surface area contributed by atoms with Crippen molar-refractivity contribution in [3.63, 3.8) is 0 Å². The summed E-state index contributed by atoms with van der Waals surface area (Å²) in [6, 6.07) is 0. The van der Waals surface area contributed by atoms with Crippen LogP contribution in [0.25, 0.3) is 0 Å². The molecule has 0 spiro atoms. The van der Waals surface area contributed by atoms with Gasteiger partial charge < -0.3 is 5.11 Å². The summed E-state index contributed by atoms with van der Waals surface area (Å²) in [5, 5.41) is 9.02. The zero-order chi connectivity index (χ0) is 8.85. The van der Waals surface area contributed by atoms with Crippen LogP contribution in [0, 0.1) is 17.8 Å². The molecule has 0 heterocycles. The SMILES string of the molecule is CC(C)CC(CO)CC(C)C. The minimum Gasteiger partial charge on any atom is -0.396 e. The second-order valence-electron chi connectivity index (χ2n) is 4.31. The Morgan fingerprint density at radius 1 is 0.909 bits per heavy atom. The van der Waals surface area contributed by atoms with Gasteiger partial charge in [-0.1, -0.05) is 27.7 Å². The Kier molecular flexibility index (Phi) is 5.57. The average Bonchev–Trinajstić information content (AvgIpc) is 1.84. The second-order valence-corrected chi connectivity index (χ2v) is 4.31. The molecule has 0 rings (SSSR count). The van der Waals surface area contributed by atoms with Crippen molar-refractivity contribution in [2.75, 3.05) is 6.61 Å². The summed E-state index contributed by atoms with van der Waals surface area (Å²) in [6.07, 6.45) is 2.32. The fourth-order valence-electron chi connectivity index (χ4n) is 1.58. The van der Waals surface area contributed by atoms with Gasteiger partial charge in [-0.2, -0.15) is 0 Å². The predicted octanol–water partition coefficient (Wildman–Crippen LogP) is 2.69. The van der Waals surface area contributed by atoms with E-state index >= 15 is 0 Å². The highest BCUT2D eigenvalue weighted by atomic mass is 16.3. The van der Waals surface area contributed by atoms with E-state index in [1.54, 1.807) is 0 Å². The van der Waals surface area contributed by atoms with Crippen LogP contribution in [-0.2, 0) is 0 Å². The van der Waals surface area contributed by atoms with Crippen LogP contribution in [0.1, 0.15) is 40.5 Å². The number of hydrogen-bond donors (Lipinski definition) is 1. The lowest BCUT2D eigenvalue weighted by atomic mass is 9.90. The molecular weight excluding hydrogens is 136 g/mol. The molecular formula is C10H22O. The smallest absolute Gasteiger partial charge is 0.0459 e. The standard InChI is InChI=1S/C10H22O/c1-8(2)5-10(7-11)6-9(3)4/h8-11H,5-7H2,1-4H3. The van der Waals surface area contributed by atoms with Gasteiger partial charge in [-0.25, -0.2) is 0 Å². The highest BCUT2D eigenvalue weighted by Gasteiger charge is 2.10. The molecule has 1 N–H and O–H groups in total. The molecule has 0 amide bonds. The minimum absolute atomic E-state index is 0.358. The molecule has 0 saturated heterocycles. The number of hydrogen-bond acceptors (Lipinski definition) is 1. The molecule has 0 saturated carbocycles. The Hall–Kier alpha value is -0.0400. The third-order valence-electron chi connectivity index (χ3n) is 1.87. The maximum atomic E-state index is 9.02. The van der Waals surface area contributed by atoms with E-state index in [0.717, 1.165) is 12.8 Å². The van der Waals surface area contributed by atoms with Crippen LogP contribution in [0.3, 0.4) is 0 Å². The summed E-state index contributed by atoms with van der Waals surface area (Å²) >= 11 is 0. The number of aliphatic hydroxyl groups is 1. The Balaban J connectivity index is 3.58. The predicted molar refractivity (Wildman–Crippen MR) is 49.5 cm³/mol. The van der Waals surface area contributed by atoms with Gasteiger partial charge in [0.05, 0.1) is 0 Å². The molecule has 0 aliphatic carbocycles. The van der Waals surface area contributed by atoms with Crippen LogP contribution in [-0.4, -0.2) is 11.7 Å². The van der Waals surface area contributed by atoms with E-state index in [1.165, 1.54) is 0 Å². The summed E-state index contributed by atoms with van der Waals surface area (Å²) in [7, 11) is 0. The zero-order valence-electron chi connectivity index (χ0n) is 8.30. The summed E-state index contributed by atoms with van der Waals surface area (Å²) in [4.78, 5) is 0. The van der Waals surface area contributed by atoms with Gasteiger partial charge in [0.25, 0.3) is 0 Å². The van der Waals surface area contributed by atoms with E-state index in [1.807, 2.05) is 0 Å². The molecule has 0 fully saturated rings. The summed E-state index contributed by atoms with van der Waals surface area (Å²) in [6.45, 7) is 9.20. The van der Waals surface area contributed by atoms with E-state index in [2.05, 4.69) is 27.7 Å². The van der Waals surface area contributed by atoms with Crippen LogP contribution in [0.2, 0.25) is 0 Å². The molecule has 0 aromatic heterocycles. The molecule has 0 bridgehead atoms. The van der Waals surface area contributed by atoms with Gasteiger partial charge in [0, 0.05) is 6.61 Å². The lowest BCUT2D eigenvalue weighted by Gasteiger charge is -2.17. The van der Waals surface area contributed by atoms with Crippen molar-refractivity contribution < 1.29 is 5.11 Å². The van der Waals surface area contributed by atoms with Crippen molar-refractivity contribution in [3.8, 4) is 0 Å². The van der Waals surface area contributed by atoms with Crippen molar-refractivity contribution in [2.45, 2.75) is 40.5 Å². The average molecular weight is 158 g/mol. The summed E-state index contributed by atoms with van der Waals surface area (Å²) < 4.78 is 0. The first kappa shape index (κ1) is 11.0. The first-order valence-corrected chi connectivity index (χ1v) is 4.67. The van der Waals surface area contributed by atoms with Crippen molar-refractivity contribution in [2.24, 2.45) is 17.8 Å². The molecule has 0 aromatic carbocycles. The van der Waals surface area contributed by atoms with Crippen LogP contribution in [0.4, 0.5) is 0 Å². The molecule has 68 valence electrons. The first-order chi connectivity index (χ1) is 5.06. The van der Waals surface area contributed by atoms with Crippen molar-refractivity contribution >= 4 is 0 Å². The second kappa shape index (κ2) is 5.59. The summed E-state index contributed by atoms with van der Waals surface area (Å²) in [5.41, 5.74) is 0. The number of rotatable bonds is 5. The van der Waals surface area contributed by atoms with E-state index in [4.69, 9.17) is 5.11 Å². The topological polar surface area (TPSA) is 20.2 Å². The monoisotopic (exact) mass is 158 g/mol. The molecule has 0 unspecified atom stereocenters. The van der Waals surface area contributed by atoms with Crippen LogP contribution in [0.5, 0.6) is 0 Å². The van der Waals surface area contributed by atoms with Gasteiger partial charge in [0.2, 0.25) is 0 Å². The van der Waals surface area contributed by atoms with Gasteiger partial charge in [-0.05, 0) is 30.6 Å². The Bertz CT molecular complexity index is 76.9. The van der Waals surface area contributed by atoms with Crippen molar-refractivity contribution in [1.29, 1.82) is 0 Å². The highest BCUT2D eigenvalue weighted by Crippen LogP contribution is 2.18. The lowest BCUT2D eigenvalue weighted by molar-refractivity contribution is 0.185. The van der Waals surface area contributed by atoms with E-state index < -0.39 is 0 Å². The third kappa shape index (κ3) is 6.36. The Morgan fingerprint density at radius 2 is 1.27 bits per heavy atom. The Morgan fingerprint density at radius 3 is 1.45 bits per heavy atom. The maximum Gasteiger partial charge on any atom is 0.0459 e. The normalized spacial score (nSPS) is 12.0. The van der Waals surface area contributed by atoms with Crippen molar-refractivity contribution in [3.05, 3.63) is 0 Å². The largest absolute Gasteiger partial charge is 0.396 e. The molecule has 0 aliphatic heterocycles. The Labute approximate surface area is 70.8 Å². The fraction of sp³-hybridized carbons (Fsp3) is 1.00. The fourth-order valence-corrected chi connectivity index (χ4v) is 1.58. The molecule has 0 aromatic rings. The van der Waals surface area contributed by atoms with Crippen LogP contribution in [0.15, 0.2) is 0 Å². The quantitative estimate of drug-likeness (QED) is 0.652. The molecule has 0 aliphatic rings. The zero-order valence-corrected chi connectivity index (χ0v) is 8.30. The lowest BCUT2D eigenvalue weighted by Crippen LogP contribution is -2.11. The van der Waals surface area contributed by atoms with E-state index in [9.17, 15) is 0 Å². The molecule has 1 heteroatoms. The van der Waals surface area contributed by atoms with Gasteiger partial charge in [-0.3, -0.25) is 0 Å². The van der Waals surface area contributed by atoms with Gasteiger partial charge >= 0.3 is 0 Å². The highest BCUT2D eigenvalue weighted by molar-refractivity contribution is 4.62. The first-order valence-electron chi connectivity index (χ1n) is 4.67. The van der Waals surface area contributed by atoms with Gasteiger partial charge in [0.15, 0.2) is 0 Å². The van der Waals surface area contributed by atoms with E-state index in [0.29, 0.717) is 24.4 Å². The third-order valence-corrected chi connectivity index (χ3v) is 1.87. The molecule has 0 atom stereocenters. The van der Waals surface area contributed by atoms with Crippen molar-refractivity contribution in [1.82, 2.24) is 0 Å². The van der Waals surface area contributed by atoms with E-state index in [-0.39, 0.29) is 0 Å². The maximum absolute atomic E-state index is 9.02. The molecule has 1 nitrogen and oxygen atoms in total. The molecule has 0 radical (unpaired) electrons. The van der Waals surface area contributed by atoms with Gasteiger partial charge in [-0.15, -0.1) is 0 Å². The number of aliphatic hydroxyl groups excluding tert-OH is 1. The minimum atomic E-state index is 0.358. The molecule has 11 heavy (non-hydrogen) atoms. The van der Waals surface area contributed by atoms with Crippen LogP contribution < -0.4 is 0 Å². The van der Waals surface area contributed by atoms with Gasteiger partial charge in [0.1, 0.15) is 0 Å².